The lowest BCUT2D eigenvalue weighted by molar-refractivity contribution is 0.0600. The van der Waals surface area contributed by atoms with E-state index >= 15 is 0 Å². The van der Waals surface area contributed by atoms with Crippen LogP contribution in [0.15, 0.2) is 31.0 Å². The Morgan fingerprint density at radius 1 is 1.73 bits per heavy atom. The van der Waals surface area contributed by atoms with E-state index < -0.39 is 5.97 Å². The molecule has 1 aromatic heterocycles. The molecule has 4 heteroatoms. The highest BCUT2D eigenvalue weighted by atomic mass is 16.5. The highest BCUT2D eigenvalue weighted by molar-refractivity contribution is 5.88. The molecule has 0 fully saturated rings. The molecule has 80 valence electrons. The summed E-state index contributed by atoms with van der Waals surface area (Å²) in [5.74, 6) is -0.397. The second kappa shape index (κ2) is 5.26. The molecule has 15 heavy (non-hydrogen) atoms. The van der Waals surface area contributed by atoms with Gasteiger partial charge in [-0.15, -0.1) is 6.58 Å². The van der Waals surface area contributed by atoms with Gasteiger partial charge in [-0.1, -0.05) is 6.08 Å². The number of carbonyl (C=O) groups is 1. The van der Waals surface area contributed by atoms with E-state index in [-0.39, 0.29) is 6.04 Å². The summed E-state index contributed by atoms with van der Waals surface area (Å²) in [6.07, 6.45) is 3.86. The minimum atomic E-state index is -0.397. The molecule has 2 N–H and O–H groups in total. The van der Waals surface area contributed by atoms with Crippen LogP contribution in [-0.2, 0) is 4.74 Å². The number of pyridine rings is 1. The maximum absolute atomic E-state index is 11.1. The van der Waals surface area contributed by atoms with Gasteiger partial charge in [0.1, 0.15) is 0 Å². The summed E-state index contributed by atoms with van der Waals surface area (Å²) in [4.78, 5) is 15.2. The summed E-state index contributed by atoms with van der Waals surface area (Å²) in [5.41, 5.74) is 6.98. The largest absolute Gasteiger partial charge is 0.465 e. The third-order valence-corrected chi connectivity index (χ3v) is 2.01. The summed E-state index contributed by atoms with van der Waals surface area (Å²) in [7, 11) is 1.33. The molecule has 1 atom stereocenters. The van der Waals surface area contributed by atoms with Crippen LogP contribution >= 0.6 is 0 Å². The Balaban J connectivity index is 2.80. The standard InChI is InChI=1S/C11H14N2O2/c1-3-4-9(12)10-6-5-8(7-13-10)11(14)15-2/h3,5-7,9H,1,4,12H2,2H3. The average molecular weight is 206 g/mol. The van der Waals surface area contributed by atoms with Crippen LogP contribution in [0.5, 0.6) is 0 Å². The first-order valence-corrected chi connectivity index (χ1v) is 4.59. The fourth-order valence-electron chi connectivity index (χ4n) is 1.16. The third kappa shape index (κ3) is 2.89. The normalized spacial score (nSPS) is 11.9. The molecule has 0 amide bonds. The topological polar surface area (TPSA) is 65.2 Å². The molecule has 0 aliphatic rings. The van der Waals surface area contributed by atoms with Gasteiger partial charge in [0.2, 0.25) is 0 Å². The second-order valence-electron chi connectivity index (χ2n) is 3.09. The zero-order chi connectivity index (χ0) is 11.3. The first kappa shape index (κ1) is 11.4. The first-order valence-electron chi connectivity index (χ1n) is 4.59. The third-order valence-electron chi connectivity index (χ3n) is 2.01. The Morgan fingerprint density at radius 2 is 2.47 bits per heavy atom. The van der Waals surface area contributed by atoms with Gasteiger partial charge in [0.25, 0.3) is 0 Å². The van der Waals surface area contributed by atoms with Gasteiger partial charge < -0.3 is 10.5 Å². The van der Waals surface area contributed by atoms with Crippen LogP contribution in [0.2, 0.25) is 0 Å². The monoisotopic (exact) mass is 206 g/mol. The number of rotatable bonds is 4. The van der Waals surface area contributed by atoms with Gasteiger partial charge in [-0.05, 0) is 18.6 Å². The predicted octanol–water partition coefficient (Wildman–Crippen LogP) is 1.44. The number of carbonyl (C=O) groups excluding carboxylic acids is 1. The number of esters is 1. The summed E-state index contributed by atoms with van der Waals surface area (Å²) in [6.45, 7) is 3.60. The maximum atomic E-state index is 11.1. The molecule has 1 rings (SSSR count). The average Bonchev–Trinajstić information content (AvgIpc) is 2.28. The lowest BCUT2D eigenvalue weighted by atomic mass is 10.1. The first-order chi connectivity index (χ1) is 7.19. The van der Waals surface area contributed by atoms with Crippen LogP contribution in [0.25, 0.3) is 0 Å². The number of hydrogen-bond acceptors (Lipinski definition) is 4. The predicted molar refractivity (Wildman–Crippen MR) is 57.3 cm³/mol. The second-order valence-corrected chi connectivity index (χ2v) is 3.09. The van der Waals surface area contributed by atoms with Crippen LogP contribution in [0.4, 0.5) is 0 Å². The molecule has 0 aliphatic carbocycles. The van der Waals surface area contributed by atoms with E-state index in [4.69, 9.17) is 5.73 Å². The van der Waals surface area contributed by atoms with Crippen LogP contribution in [0.3, 0.4) is 0 Å². The van der Waals surface area contributed by atoms with E-state index in [1.165, 1.54) is 13.3 Å². The van der Waals surface area contributed by atoms with Gasteiger partial charge in [-0.3, -0.25) is 4.98 Å². The highest BCUT2D eigenvalue weighted by Gasteiger charge is 2.08. The minimum absolute atomic E-state index is 0.172. The van der Waals surface area contributed by atoms with E-state index in [2.05, 4.69) is 16.3 Å². The summed E-state index contributed by atoms with van der Waals surface area (Å²) < 4.78 is 4.56. The van der Waals surface area contributed by atoms with Crippen LogP contribution in [0, 0.1) is 0 Å². The van der Waals surface area contributed by atoms with Crippen molar-refractivity contribution in [2.75, 3.05) is 7.11 Å². The summed E-state index contributed by atoms with van der Waals surface area (Å²) >= 11 is 0. The van der Waals surface area contributed by atoms with Crippen molar-refractivity contribution in [2.45, 2.75) is 12.5 Å². The quantitative estimate of drug-likeness (QED) is 0.598. The van der Waals surface area contributed by atoms with E-state index in [1.807, 2.05) is 0 Å². The highest BCUT2D eigenvalue weighted by Crippen LogP contribution is 2.12. The molecule has 4 nitrogen and oxygen atoms in total. The van der Waals surface area contributed by atoms with Gasteiger partial charge in [0.05, 0.1) is 24.4 Å². The molecular formula is C11H14N2O2. The van der Waals surface area contributed by atoms with Crippen molar-refractivity contribution in [1.82, 2.24) is 4.98 Å². The van der Waals surface area contributed by atoms with Gasteiger partial charge >= 0.3 is 5.97 Å². The molecule has 0 aliphatic heterocycles. The van der Waals surface area contributed by atoms with Crippen molar-refractivity contribution in [1.29, 1.82) is 0 Å². The van der Waals surface area contributed by atoms with Gasteiger partial charge in [0, 0.05) is 6.20 Å². The molecule has 0 aromatic carbocycles. The van der Waals surface area contributed by atoms with Gasteiger partial charge in [-0.25, -0.2) is 4.79 Å². The zero-order valence-corrected chi connectivity index (χ0v) is 8.64. The van der Waals surface area contributed by atoms with E-state index in [0.717, 1.165) is 5.69 Å². The van der Waals surface area contributed by atoms with Crippen molar-refractivity contribution in [3.63, 3.8) is 0 Å². The van der Waals surface area contributed by atoms with Crippen molar-refractivity contribution in [2.24, 2.45) is 5.73 Å². The van der Waals surface area contributed by atoms with Crippen LogP contribution < -0.4 is 5.73 Å². The Bertz CT molecular complexity index is 346. The number of ether oxygens (including phenoxy) is 1. The number of methoxy groups -OCH3 is 1. The fourth-order valence-corrected chi connectivity index (χ4v) is 1.16. The van der Waals surface area contributed by atoms with Crippen LogP contribution in [0.1, 0.15) is 28.5 Å². The molecule has 0 bridgehead atoms. The smallest absolute Gasteiger partial charge is 0.339 e. The van der Waals surface area contributed by atoms with Gasteiger partial charge in [0.15, 0.2) is 0 Å². The number of nitrogens with two attached hydrogens (primary N) is 1. The molecule has 1 aromatic rings. The molecule has 1 heterocycles. The maximum Gasteiger partial charge on any atom is 0.339 e. The van der Waals surface area contributed by atoms with Crippen LogP contribution in [-0.4, -0.2) is 18.1 Å². The van der Waals surface area contributed by atoms with Crippen molar-refractivity contribution in [3.05, 3.63) is 42.2 Å². The minimum Gasteiger partial charge on any atom is -0.465 e. The Hall–Kier alpha value is -1.68. The Morgan fingerprint density at radius 3 is 2.93 bits per heavy atom. The van der Waals surface area contributed by atoms with Crippen molar-refractivity contribution < 1.29 is 9.53 Å². The lowest BCUT2D eigenvalue weighted by Gasteiger charge is -2.08. The lowest BCUT2D eigenvalue weighted by Crippen LogP contribution is -2.11. The molecule has 0 saturated carbocycles. The van der Waals surface area contributed by atoms with E-state index in [0.29, 0.717) is 12.0 Å². The summed E-state index contributed by atoms with van der Waals surface area (Å²) in [6, 6.07) is 3.20. The molecular weight excluding hydrogens is 192 g/mol. The Kier molecular flexibility index (Phi) is 4.00. The van der Waals surface area contributed by atoms with Crippen molar-refractivity contribution >= 4 is 5.97 Å². The number of nitrogens with zero attached hydrogens (tertiary/aromatic N) is 1. The molecule has 0 radical (unpaired) electrons. The van der Waals surface area contributed by atoms with E-state index in [9.17, 15) is 4.79 Å². The van der Waals surface area contributed by atoms with Gasteiger partial charge in [-0.2, -0.15) is 0 Å². The number of hydrogen-bond donors (Lipinski definition) is 1. The fraction of sp³-hybridized carbons (Fsp3) is 0.273. The van der Waals surface area contributed by atoms with E-state index in [1.54, 1.807) is 18.2 Å². The molecule has 0 spiro atoms. The van der Waals surface area contributed by atoms with Crippen molar-refractivity contribution in [3.8, 4) is 0 Å². The SMILES string of the molecule is C=CCC(N)c1ccc(C(=O)OC)cn1. The summed E-state index contributed by atoms with van der Waals surface area (Å²) in [5, 5.41) is 0. The number of aromatic nitrogens is 1. The Labute approximate surface area is 88.8 Å². The molecule has 1 unspecified atom stereocenters. The molecule has 0 saturated heterocycles. The zero-order valence-electron chi connectivity index (χ0n) is 8.64.